The third kappa shape index (κ3) is 2.84. The van der Waals surface area contributed by atoms with Gasteiger partial charge in [0.25, 0.3) is 0 Å². The number of anilines is 1. The van der Waals surface area contributed by atoms with Crippen LogP contribution in [0.15, 0.2) is 42.7 Å². The molecule has 2 aromatic heterocycles. The first kappa shape index (κ1) is 12.5. The van der Waals surface area contributed by atoms with E-state index in [-0.39, 0.29) is 6.04 Å². The molecule has 0 bridgehead atoms. The lowest BCUT2D eigenvalue weighted by molar-refractivity contribution is 0.586. The summed E-state index contributed by atoms with van der Waals surface area (Å²) in [6.45, 7) is 3.05. The average Bonchev–Trinajstić information content (AvgIpc) is 2.42. The van der Waals surface area contributed by atoms with E-state index < -0.39 is 0 Å². The number of nitrogens with one attached hydrogen (secondary N) is 1. The van der Waals surface area contributed by atoms with Crippen molar-refractivity contribution in [3.63, 3.8) is 0 Å². The summed E-state index contributed by atoms with van der Waals surface area (Å²) in [5.41, 5.74) is 7.89. The van der Waals surface area contributed by atoms with Crippen molar-refractivity contribution in [1.29, 1.82) is 0 Å². The largest absolute Gasteiger partial charge is 0.383 e. The predicted molar refractivity (Wildman–Crippen MR) is 73.0 cm³/mol. The Balaban J connectivity index is 2.34. The van der Waals surface area contributed by atoms with Crippen molar-refractivity contribution in [1.82, 2.24) is 15.3 Å². The minimum absolute atomic E-state index is 0.000139. The monoisotopic (exact) mass is 242 g/mol. The second-order valence-electron chi connectivity index (χ2n) is 4.12. The van der Waals surface area contributed by atoms with Crippen molar-refractivity contribution in [2.24, 2.45) is 0 Å². The molecular formula is C14H18N4. The third-order valence-electron chi connectivity index (χ3n) is 2.76. The maximum Gasteiger partial charge on any atom is 0.128 e. The second-order valence-corrected chi connectivity index (χ2v) is 4.12. The molecule has 0 radical (unpaired) electrons. The molecule has 1 atom stereocenters. The maximum atomic E-state index is 5.95. The number of nitrogens with two attached hydrogens (primary N) is 1. The van der Waals surface area contributed by atoms with E-state index in [0.29, 0.717) is 5.82 Å². The molecule has 0 spiro atoms. The fraction of sp³-hybridized carbons (Fsp3) is 0.286. The van der Waals surface area contributed by atoms with Gasteiger partial charge in [0.15, 0.2) is 0 Å². The molecule has 0 aliphatic carbocycles. The van der Waals surface area contributed by atoms with Gasteiger partial charge in [-0.2, -0.15) is 0 Å². The van der Waals surface area contributed by atoms with Gasteiger partial charge in [-0.05, 0) is 31.2 Å². The highest BCUT2D eigenvalue weighted by Crippen LogP contribution is 2.23. The van der Waals surface area contributed by atoms with Gasteiger partial charge in [-0.15, -0.1) is 0 Å². The normalized spacial score (nSPS) is 12.3. The van der Waals surface area contributed by atoms with Crippen molar-refractivity contribution in [2.45, 2.75) is 19.4 Å². The lowest BCUT2D eigenvalue weighted by Crippen LogP contribution is -2.25. The molecule has 0 saturated carbocycles. The van der Waals surface area contributed by atoms with Gasteiger partial charge in [0, 0.05) is 18.0 Å². The fourth-order valence-electron chi connectivity index (χ4n) is 1.88. The van der Waals surface area contributed by atoms with Gasteiger partial charge in [0.05, 0.1) is 11.7 Å². The molecular weight excluding hydrogens is 224 g/mol. The van der Waals surface area contributed by atoms with E-state index in [2.05, 4.69) is 22.2 Å². The number of aromatic nitrogens is 2. The molecule has 18 heavy (non-hydrogen) atoms. The Kier molecular flexibility index (Phi) is 4.25. The molecule has 4 heteroatoms. The minimum atomic E-state index is -0.000139. The number of nitrogen functional groups attached to an aromatic ring is 1. The first-order chi connectivity index (χ1) is 8.83. The van der Waals surface area contributed by atoms with Gasteiger partial charge in [-0.25, -0.2) is 4.98 Å². The minimum Gasteiger partial charge on any atom is -0.383 e. The summed E-state index contributed by atoms with van der Waals surface area (Å²) in [5, 5.41) is 3.46. The van der Waals surface area contributed by atoms with E-state index in [4.69, 9.17) is 5.73 Å². The van der Waals surface area contributed by atoms with Crippen LogP contribution in [0.4, 0.5) is 5.82 Å². The summed E-state index contributed by atoms with van der Waals surface area (Å²) < 4.78 is 0. The van der Waals surface area contributed by atoms with Gasteiger partial charge < -0.3 is 11.1 Å². The van der Waals surface area contributed by atoms with Crippen LogP contribution in [-0.2, 0) is 0 Å². The van der Waals surface area contributed by atoms with Gasteiger partial charge in [0.2, 0.25) is 0 Å². The molecule has 0 saturated heterocycles. The number of nitrogens with zero attached hydrogens (tertiary/aromatic N) is 2. The quantitative estimate of drug-likeness (QED) is 0.843. The fourth-order valence-corrected chi connectivity index (χ4v) is 1.88. The smallest absolute Gasteiger partial charge is 0.128 e. The van der Waals surface area contributed by atoms with Crippen LogP contribution in [0, 0.1) is 0 Å². The molecule has 0 amide bonds. The van der Waals surface area contributed by atoms with Gasteiger partial charge in [-0.1, -0.05) is 19.1 Å². The highest BCUT2D eigenvalue weighted by atomic mass is 15.0. The third-order valence-corrected chi connectivity index (χ3v) is 2.76. The molecule has 2 rings (SSSR count). The highest BCUT2D eigenvalue weighted by Gasteiger charge is 2.17. The van der Waals surface area contributed by atoms with Crippen molar-refractivity contribution in [3.8, 4) is 0 Å². The molecule has 0 aliphatic heterocycles. The molecule has 0 aliphatic rings. The Morgan fingerprint density at radius 1 is 1.17 bits per heavy atom. The number of hydrogen-bond donors (Lipinski definition) is 2. The van der Waals surface area contributed by atoms with Crippen LogP contribution in [0.5, 0.6) is 0 Å². The van der Waals surface area contributed by atoms with Crippen LogP contribution in [-0.4, -0.2) is 16.5 Å². The van der Waals surface area contributed by atoms with Crippen molar-refractivity contribution >= 4 is 5.82 Å². The lowest BCUT2D eigenvalue weighted by atomic mass is 10.0. The van der Waals surface area contributed by atoms with E-state index >= 15 is 0 Å². The zero-order chi connectivity index (χ0) is 12.8. The van der Waals surface area contributed by atoms with Gasteiger partial charge >= 0.3 is 0 Å². The summed E-state index contributed by atoms with van der Waals surface area (Å²) >= 11 is 0. The van der Waals surface area contributed by atoms with Crippen LogP contribution < -0.4 is 11.1 Å². The Labute approximate surface area is 107 Å². The number of pyridine rings is 2. The van der Waals surface area contributed by atoms with Crippen molar-refractivity contribution in [3.05, 3.63) is 54.0 Å². The van der Waals surface area contributed by atoms with Gasteiger partial charge in [0.1, 0.15) is 5.82 Å². The van der Waals surface area contributed by atoms with Crippen LogP contribution in [0.1, 0.15) is 30.6 Å². The zero-order valence-electron chi connectivity index (χ0n) is 10.5. The molecule has 0 fully saturated rings. The Morgan fingerprint density at radius 3 is 2.67 bits per heavy atom. The lowest BCUT2D eigenvalue weighted by Gasteiger charge is -2.19. The van der Waals surface area contributed by atoms with E-state index in [9.17, 15) is 0 Å². The summed E-state index contributed by atoms with van der Waals surface area (Å²) in [5.74, 6) is 0.553. The maximum absolute atomic E-state index is 5.95. The van der Waals surface area contributed by atoms with E-state index in [1.54, 1.807) is 12.4 Å². The summed E-state index contributed by atoms with van der Waals surface area (Å²) in [6, 6.07) is 9.78. The van der Waals surface area contributed by atoms with Crippen LogP contribution in [0.3, 0.4) is 0 Å². The van der Waals surface area contributed by atoms with Gasteiger partial charge in [-0.3, -0.25) is 4.98 Å². The average molecular weight is 242 g/mol. The first-order valence-corrected chi connectivity index (χ1v) is 6.17. The SMILES string of the molecule is CCCNC(c1ccccn1)c1cccnc1N. The summed E-state index contributed by atoms with van der Waals surface area (Å²) in [6.07, 6.45) is 4.56. The molecule has 1 unspecified atom stereocenters. The summed E-state index contributed by atoms with van der Waals surface area (Å²) in [4.78, 5) is 8.55. The topological polar surface area (TPSA) is 63.8 Å². The van der Waals surface area contributed by atoms with Crippen LogP contribution in [0.25, 0.3) is 0 Å². The van der Waals surface area contributed by atoms with E-state index in [0.717, 1.165) is 24.2 Å². The summed E-state index contributed by atoms with van der Waals surface area (Å²) in [7, 11) is 0. The number of rotatable bonds is 5. The van der Waals surface area contributed by atoms with Crippen LogP contribution >= 0.6 is 0 Å². The predicted octanol–water partition coefficient (Wildman–Crippen LogP) is 2.15. The highest BCUT2D eigenvalue weighted by molar-refractivity contribution is 5.44. The van der Waals surface area contributed by atoms with E-state index in [1.807, 2.05) is 30.3 Å². The molecule has 2 heterocycles. The van der Waals surface area contributed by atoms with Crippen molar-refractivity contribution in [2.75, 3.05) is 12.3 Å². The second kappa shape index (κ2) is 6.12. The standard InChI is InChI=1S/C14H18N4/c1-2-8-17-13(12-7-3-4-9-16-12)11-6-5-10-18-14(11)15/h3-7,9-10,13,17H,2,8H2,1H3,(H2,15,18). The Bertz CT molecular complexity index is 484. The molecule has 3 N–H and O–H groups in total. The van der Waals surface area contributed by atoms with Crippen molar-refractivity contribution < 1.29 is 0 Å². The molecule has 4 nitrogen and oxygen atoms in total. The Hall–Kier alpha value is -1.94. The first-order valence-electron chi connectivity index (χ1n) is 6.17. The number of hydrogen-bond acceptors (Lipinski definition) is 4. The Morgan fingerprint density at radius 2 is 2.00 bits per heavy atom. The molecule has 0 aromatic carbocycles. The molecule has 2 aromatic rings. The molecule has 94 valence electrons. The van der Waals surface area contributed by atoms with Crippen LogP contribution in [0.2, 0.25) is 0 Å². The van der Waals surface area contributed by atoms with E-state index in [1.165, 1.54) is 0 Å². The zero-order valence-corrected chi connectivity index (χ0v) is 10.5.